The van der Waals surface area contributed by atoms with Gasteiger partial charge in [0.2, 0.25) is 12.4 Å². The molecule has 4 unspecified atom stereocenters. The highest BCUT2D eigenvalue weighted by Gasteiger charge is 2.33. The van der Waals surface area contributed by atoms with Crippen molar-refractivity contribution in [3.63, 3.8) is 0 Å². The molecule has 33 heteroatoms. The predicted molar refractivity (Wildman–Crippen MR) is 522 cm³/mol. The molecule has 3 heterocycles. The Kier molecular flexibility index (Phi) is 52.1. The summed E-state index contributed by atoms with van der Waals surface area (Å²) in [6.07, 6.45) is 3.60. The summed E-state index contributed by atoms with van der Waals surface area (Å²) in [4.78, 5) is 62.4. The van der Waals surface area contributed by atoms with Crippen LogP contribution in [0.3, 0.4) is 0 Å². The van der Waals surface area contributed by atoms with Gasteiger partial charge in [0.15, 0.2) is 23.2 Å². The fourth-order valence-electron chi connectivity index (χ4n) is 11.4. The number of carbonyl (C=O) groups is 5. The van der Waals surface area contributed by atoms with E-state index in [1.165, 1.54) is 17.7 Å². The van der Waals surface area contributed by atoms with Crippen molar-refractivity contribution >= 4 is 178 Å². The minimum atomic E-state index is -3.90. The predicted octanol–water partition coefficient (Wildman–Crippen LogP) is 19.2. The van der Waals surface area contributed by atoms with Crippen molar-refractivity contribution in [2.24, 2.45) is 18.9 Å². The summed E-state index contributed by atoms with van der Waals surface area (Å²) in [5, 5.41) is 35.8. The second-order valence-corrected chi connectivity index (χ2v) is 37.5. The number of esters is 3. The first-order valence-corrected chi connectivity index (χ1v) is 46.5. The van der Waals surface area contributed by atoms with E-state index in [9.17, 15) is 54.3 Å². The maximum absolute atomic E-state index is 12.7. The number of ketones is 2. The van der Waals surface area contributed by atoms with E-state index < -0.39 is 47.6 Å². The van der Waals surface area contributed by atoms with Crippen LogP contribution < -0.4 is 21.7 Å². The Balaban J connectivity index is 0.000000747. The monoisotopic (exact) mass is 2160 g/mol. The summed E-state index contributed by atoms with van der Waals surface area (Å²) >= 11 is 9.06. The number of Topliss-reactive ketones (excluding diaryl/α,β-unsaturated/α-hetero) is 2. The molecule has 26 nitrogen and oxygen atoms in total. The number of aliphatic hydroxyl groups is 2. The Hall–Kier alpha value is -8.74. The van der Waals surface area contributed by atoms with Crippen LogP contribution >= 0.6 is 83.7 Å². The number of nitrogens with zero attached hydrogens (tertiary/aromatic N) is 5. The Morgan fingerprint density at radius 3 is 1.19 bits per heavy atom. The van der Waals surface area contributed by atoms with Gasteiger partial charge in [-0.2, -0.15) is 30.5 Å². The van der Waals surface area contributed by atoms with Gasteiger partial charge in [-0.15, -0.1) is 13.2 Å². The number of hydrogen-bond donors (Lipinski definition) is 6. The van der Waals surface area contributed by atoms with E-state index >= 15 is 0 Å². The van der Waals surface area contributed by atoms with Gasteiger partial charge in [-0.05, 0) is 249 Å². The highest BCUT2D eigenvalue weighted by Crippen LogP contribution is 2.34. The van der Waals surface area contributed by atoms with E-state index in [1.54, 1.807) is 56.5 Å². The number of amidine groups is 3. The van der Waals surface area contributed by atoms with Crippen LogP contribution in [0.15, 0.2) is 234 Å². The molecule has 0 aliphatic carbocycles. The van der Waals surface area contributed by atoms with Crippen molar-refractivity contribution < 1.29 is 78.4 Å². The molecule has 0 saturated carbocycles. The first-order valence-electron chi connectivity index (χ1n) is 37.8. The maximum atomic E-state index is 12.7. The van der Waals surface area contributed by atoms with Gasteiger partial charge in [-0.25, -0.2) is 11.4 Å². The Labute approximate surface area is 782 Å². The van der Waals surface area contributed by atoms with Crippen molar-refractivity contribution in [1.82, 2.24) is 0 Å². The van der Waals surface area contributed by atoms with Crippen LogP contribution in [0.4, 0.5) is 17.1 Å². The standard InChI is InChI=1S/C20H21IN2O4S.C19H19IN2O4S.C14H17NO2.C10H9IN2O4S.C10H15NO.C8H7N.C6H11BrO2.4CH4/c1-27-12-11-15(14-5-3-2-4-6-14)7-10-18(24)20-22-17-9-8-16(21)13-19(17)28(25,26)23-20;20-15-7-8-16-18(12-15)27(25,26)22-19(21-16)17(24)9-6-14(10-11-23)13-4-2-1-3-5-13;1-14(2,3)17-13(16)9-12(10-15)11-7-5-4-6-8-11;1-2-17-10(14)9-12-7-4-3-6(11)5-8(7)18(15,16)13-9;11-8-10(6-7-12)9-4-2-1-3-5-9;1-9-7-8-5-3-2-4-6-8;1-6(2,3)9-5(8)4-7;;;;/h2-6,8-9,13,15H,7,10-12H2,1H3,(H,22,23);1-5,7-8,12,14,23H,6,9-11H2,(H,21,22);4-8,12H,9H2,1-3H3;3-5H,2H2,1H3,(H,12,13);1-5,10,12H,6-8,11H2;2-6H,7H2;4H2,1-3H3;4*1H4. The second-order valence-electron chi connectivity index (χ2n) is 28.5. The van der Waals surface area contributed by atoms with Gasteiger partial charge < -0.3 is 55.7 Å². The highest BCUT2D eigenvalue weighted by molar-refractivity contribution is 14.1. The lowest BCUT2D eigenvalue weighted by molar-refractivity contribution is -0.155. The SMILES string of the molecule is C.C.C.C.CC(C)(C)OC(=O)CBr.CC(C)(C)OC(=O)CC(C#N)c1ccccc1.CCOC(=O)C1=NS(=O)(=O)c2cc(I)ccc2N1.COCCC(CCC(=O)C1=NS(=O)(=O)c2cc(I)ccc2N1)c1ccccc1.NCC(CCO)c1ccccc1.O=C(CCC(CCO)c1ccccc1)C1=NS(=O)(=O)c2cc(I)ccc2N1.[C-]#[N+]Cc1ccccc1. The smallest absolute Gasteiger partial charge is 0.375 e. The van der Waals surface area contributed by atoms with Gasteiger partial charge in [0, 0.05) is 56.0 Å². The van der Waals surface area contributed by atoms with Crippen molar-refractivity contribution in [2.75, 3.05) is 61.4 Å². The molecule has 8 aromatic carbocycles. The fraction of sp³-hybridized carbons (Fsp3) is 0.363. The molecule has 672 valence electrons. The van der Waals surface area contributed by atoms with E-state index in [-0.39, 0.29) is 147 Å². The van der Waals surface area contributed by atoms with E-state index in [4.69, 9.17) is 41.6 Å². The Bertz CT molecular complexity index is 5240. The number of aliphatic hydroxyl groups excluding tert-OH is 2. The van der Waals surface area contributed by atoms with Gasteiger partial charge in [-0.1, -0.05) is 197 Å². The molecule has 11 rings (SSSR count). The van der Waals surface area contributed by atoms with Gasteiger partial charge in [0.05, 0.1) is 42.1 Å². The topological polar surface area (TPSA) is 392 Å². The number of methoxy groups -OCH3 is 1. The Morgan fingerprint density at radius 1 is 0.516 bits per heavy atom. The number of alkyl halides is 1. The zero-order valence-corrected chi connectivity index (χ0v) is 78.1. The first kappa shape index (κ1) is 113. The van der Waals surface area contributed by atoms with Gasteiger partial charge in [0.25, 0.3) is 30.1 Å². The largest absolute Gasteiger partial charge is 0.460 e. The second kappa shape index (κ2) is 57.1. The molecule has 3 aliphatic heterocycles. The number of halogens is 4. The number of sulfonamides is 3. The Morgan fingerprint density at radius 2 is 0.855 bits per heavy atom. The average Bonchev–Trinajstić information content (AvgIpc) is 0.785. The number of nitrogens with one attached hydrogen (secondary N) is 3. The zero-order valence-electron chi connectivity index (χ0n) is 67.6. The van der Waals surface area contributed by atoms with Crippen LogP contribution in [0.5, 0.6) is 0 Å². The molecule has 0 amide bonds. The summed E-state index contributed by atoms with van der Waals surface area (Å²) in [7, 11) is -9.99. The van der Waals surface area contributed by atoms with Crippen LogP contribution in [-0.4, -0.2) is 139 Å². The molecule has 0 fully saturated rings. The molecule has 0 bridgehead atoms. The number of benzene rings is 8. The third-order valence-corrected chi connectivity index (χ3v) is 23.4. The van der Waals surface area contributed by atoms with Gasteiger partial charge >= 0.3 is 17.9 Å². The molecule has 8 aromatic rings. The minimum Gasteiger partial charge on any atom is -0.460 e. The van der Waals surface area contributed by atoms with Crippen molar-refractivity contribution in [3.05, 3.63) is 256 Å². The van der Waals surface area contributed by atoms with Crippen LogP contribution in [0.2, 0.25) is 0 Å². The molecule has 4 atom stereocenters. The number of fused-ring (bicyclic) bond motifs is 3. The van der Waals surface area contributed by atoms with E-state index in [0.717, 1.165) is 45.8 Å². The average molecular weight is 2160 g/mol. The fourth-order valence-corrected chi connectivity index (χ4v) is 17.1. The molecule has 0 radical (unpaired) electrons. The van der Waals surface area contributed by atoms with Crippen molar-refractivity contribution in [2.45, 2.75) is 186 Å². The number of carbonyl (C=O) groups excluding carboxylic acids is 5. The number of ether oxygens (including phenoxy) is 4. The number of hydrogen-bond acceptors (Lipinski definition) is 22. The molecule has 0 aromatic heterocycles. The number of nitriles is 1. The molecule has 0 spiro atoms. The van der Waals surface area contributed by atoms with E-state index in [0.29, 0.717) is 61.9 Å². The maximum Gasteiger partial charge on any atom is 0.375 e. The molecular weight excluding hydrogens is 2050 g/mol. The molecular formula is C91H115BrI3N9O17S3. The lowest BCUT2D eigenvalue weighted by Crippen LogP contribution is -2.30. The normalized spacial score (nSPS) is 13.8. The first-order chi connectivity index (χ1) is 56.9. The van der Waals surface area contributed by atoms with Crippen LogP contribution in [0.25, 0.3) is 4.85 Å². The highest BCUT2D eigenvalue weighted by atomic mass is 127. The number of rotatable bonds is 26. The quantitative estimate of drug-likeness (QED) is 0.00964. The van der Waals surface area contributed by atoms with Crippen LogP contribution in [0, 0.1) is 28.6 Å². The van der Waals surface area contributed by atoms with Crippen LogP contribution in [0.1, 0.15) is 181 Å². The molecule has 3 aliphatic rings. The molecule has 124 heavy (non-hydrogen) atoms. The van der Waals surface area contributed by atoms with Gasteiger partial charge in [-0.3, -0.25) is 19.2 Å². The lowest BCUT2D eigenvalue weighted by Gasteiger charge is -2.20. The summed E-state index contributed by atoms with van der Waals surface area (Å²) < 4.78 is 107. The summed E-state index contributed by atoms with van der Waals surface area (Å²) in [5.41, 5.74) is 11.1. The summed E-state index contributed by atoms with van der Waals surface area (Å²) in [6.45, 7) is 21.2. The van der Waals surface area contributed by atoms with Crippen molar-refractivity contribution in [1.29, 1.82) is 5.26 Å². The number of anilines is 3. The van der Waals surface area contributed by atoms with E-state index in [2.05, 4.69) is 56.0 Å². The van der Waals surface area contributed by atoms with Gasteiger partial charge in [0.1, 0.15) is 31.2 Å². The molecule has 0 saturated heterocycles. The lowest BCUT2D eigenvalue weighted by atomic mass is 9.90. The third kappa shape index (κ3) is 39.8. The van der Waals surface area contributed by atoms with Crippen molar-refractivity contribution in [3.8, 4) is 6.07 Å². The summed E-state index contributed by atoms with van der Waals surface area (Å²) in [5.74, 6) is -2.57. The van der Waals surface area contributed by atoms with E-state index in [1.807, 2.05) is 261 Å². The zero-order chi connectivity index (χ0) is 88.6. The summed E-state index contributed by atoms with van der Waals surface area (Å²) in [6, 6.07) is 65.6. The number of nitrogens with two attached hydrogens (primary N) is 1. The van der Waals surface area contributed by atoms with Crippen LogP contribution in [-0.2, 0) is 79.5 Å². The third-order valence-electron chi connectivity index (χ3n) is 17.0. The minimum absolute atomic E-state index is 0. The molecule has 7 N–H and O–H groups in total.